The predicted octanol–water partition coefficient (Wildman–Crippen LogP) is 5.61. The van der Waals surface area contributed by atoms with Crippen molar-refractivity contribution in [1.82, 2.24) is 0 Å². The van der Waals surface area contributed by atoms with Gasteiger partial charge in [-0.15, -0.1) is 47.0 Å². The SMILES string of the molecule is NCC1CSC2=C(SC(=C3SC4=C(SCCS4)S3)S2)S1. The monoisotopic (exact) mass is 413 g/mol. The van der Waals surface area contributed by atoms with Gasteiger partial charge in [0.05, 0.1) is 25.4 Å². The predicted molar refractivity (Wildman–Crippen MR) is 109 cm³/mol. The third-order valence-electron chi connectivity index (χ3n) is 2.73. The van der Waals surface area contributed by atoms with Crippen LogP contribution in [-0.2, 0) is 0 Å². The molecular formula is C11H11NS8. The zero-order valence-corrected chi connectivity index (χ0v) is 16.8. The molecule has 0 aromatic rings. The molecule has 1 unspecified atom stereocenters. The van der Waals surface area contributed by atoms with Crippen LogP contribution in [0.4, 0.5) is 0 Å². The van der Waals surface area contributed by atoms with E-state index in [4.69, 9.17) is 5.73 Å². The zero-order chi connectivity index (χ0) is 13.5. The molecule has 0 radical (unpaired) electrons. The van der Waals surface area contributed by atoms with Crippen molar-refractivity contribution in [2.45, 2.75) is 5.25 Å². The Bertz CT molecular complexity index is 517. The molecule has 0 spiro atoms. The van der Waals surface area contributed by atoms with Crippen LogP contribution in [0.25, 0.3) is 0 Å². The Morgan fingerprint density at radius 1 is 0.750 bits per heavy atom. The fourth-order valence-electron chi connectivity index (χ4n) is 1.79. The molecule has 4 aliphatic heterocycles. The molecule has 1 atom stereocenters. The first-order chi connectivity index (χ1) is 9.83. The zero-order valence-electron chi connectivity index (χ0n) is 10.2. The highest BCUT2D eigenvalue weighted by Gasteiger charge is 2.34. The van der Waals surface area contributed by atoms with Gasteiger partial charge < -0.3 is 5.73 Å². The average molecular weight is 414 g/mol. The number of hydrogen-bond donors (Lipinski definition) is 1. The van der Waals surface area contributed by atoms with Gasteiger partial charge in [0.25, 0.3) is 0 Å². The van der Waals surface area contributed by atoms with Crippen molar-refractivity contribution in [3.05, 3.63) is 25.4 Å². The first-order valence-corrected chi connectivity index (χ1v) is 13.1. The normalized spacial score (nSPS) is 30.1. The van der Waals surface area contributed by atoms with Crippen molar-refractivity contribution in [3.63, 3.8) is 0 Å². The topological polar surface area (TPSA) is 26.0 Å². The molecule has 4 aliphatic rings. The lowest BCUT2D eigenvalue weighted by molar-refractivity contribution is 0.966. The van der Waals surface area contributed by atoms with E-state index >= 15 is 0 Å². The molecule has 0 saturated heterocycles. The van der Waals surface area contributed by atoms with Crippen LogP contribution in [-0.4, -0.2) is 29.1 Å². The molecular weight excluding hydrogens is 403 g/mol. The molecule has 0 amide bonds. The highest BCUT2D eigenvalue weighted by atomic mass is 32.3. The Kier molecular flexibility index (Phi) is 5.31. The Hall–Kier alpha value is 1.98. The van der Waals surface area contributed by atoms with Crippen molar-refractivity contribution >= 4 is 94.1 Å². The quantitative estimate of drug-likeness (QED) is 0.588. The smallest absolute Gasteiger partial charge is 0.0717 e. The summed E-state index contributed by atoms with van der Waals surface area (Å²) in [5.41, 5.74) is 5.82. The average Bonchev–Trinajstić information content (AvgIpc) is 3.09. The van der Waals surface area contributed by atoms with Crippen LogP contribution in [0.3, 0.4) is 0 Å². The van der Waals surface area contributed by atoms with E-state index in [9.17, 15) is 0 Å². The Balaban J connectivity index is 1.49. The molecule has 1 nitrogen and oxygen atoms in total. The van der Waals surface area contributed by atoms with E-state index in [1.165, 1.54) is 28.5 Å². The molecule has 9 heteroatoms. The van der Waals surface area contributed by atoms with Crippen LogP contribution in [0, 0.1) is 0 Å². The first-order valence-electron chi connectivity index (χ1n) is 6.03. The molecule has 4 rings (SSSR count). The number of thioether (sulfide) groups is 8. The second kappa shape index (κ2) is 6.84. The lowest BCUT2D eigenvalue weighted by Crippen LogP contribution is -2.20. The van der Waals surface area contributed by atoms with Crippen LogP contribution < -0.4 is 5.73 Å². The number of hydrogen-bond acceptors (Lipinski definition) is 9. The van der Waals surface area contributed by atoms with Gasteiger partial charge in [0, 0.05) is 29.1 Å². The Morgan fingerprint density at radius 3 is 1.90 bits per heavy atom. The lowest BCUT2D eigenvalue weighted by Gasteiger charge is -2.19. The second-order valence-corrected chi connectivity index (χ2v) is 14.3. The van der Waals surface area contributed by atoms with E-state index in [1.807, 2.05) is 94.1 Å². The van der Waals surface area contributed by atoms with E-state index in [0.717, 1.165) is 12.3 Å². The van der Waals surface area contributed by atoms with Crippen LogP contribution >= 0.6 is 94.1 Å². The van der Waals surface area contributed by atoms with E-state index in [2.05, 4.69) is 0 Å². The summed E-state index contributed by atoms with van der Waals surface area (Å²) in [6, 6.07) is 0. The summed E-state index contributed by atoms with van der Waals surface area (Å²) >= 11 is 16.0. The van der Waals surface area contributed by atoms with Crippen LogP contribution in [0.5, 0.6) is 0 Å². The van der Waals surface area contributed by atoms with Gasteiger partial charge >= 0.3 is 0 Å². The maximum Gasteiger partial charge on any atom is 0.0717 e. The third kappa shape index (κ3) is 3.13. The molecule has 2 N–H and O–H groups in total. The maximum absolute atomic E-state index is 5.82. The molecule has 0 aromatic heterocycles. The van der Waals surface area contributed by atoms with Crippen molar-refractivity contribution in [1.29, 1.82) is 0 Å². The van der Waals surface area contributed by atoms with Crippen molar-refractivity contribution < 1.29 is 0 Å². The molecule has 20 heavy (non-hydrogen) atoms. The number of rotatable bonds is 1. The summed E-state index contributed by atoms with van der Waals surface area (Å²) in [7, 11) is 0. The summed E-state index contributed by atoms with van der Waals surface area (Å²) < 4.78 is 9.10. The van der Waals surface area contributed by atoms with Crippen LogP contribution in [0.1, 0.15) is 0 Å². The van der Waals surface area contributed by atoms with Gasteiger partial charge in [-0.3, -0.25) is 0 Å². The van der Waals surface area contributed by atoms with Gasteiger partial charge in [0.1, 0.15) is 0 Å². The molecule has 0 aromatic carbocycles. The molecule has 0 fully saturated rings. The third-order valence-corrected chi connectivity index (χ3v) is 15.1. The minimum absolute atomic E-state index is 0.595. The summed E-state index contributed by atoms with van der Waals surface area (Å²) in [6.45, 7) is 0.790. The fourth-order valence-corrected chi connectivity index (χ4v) is 14.3. The molecule has 0 saturated carbocycles. The lowest BCUT2D eigenvalue weighted by atomic mass is 10.5. The van der Waals surface area contributed by atoms with Gasteiger partial charge in [-0.2, -0.15) is 0 Å². The molecule has 4 heterocycles. The summed E-state index contributed by atoms with van der Waals surface area (Å²) in [4.78, 5) is 0. The fraction of sp³-hybridized carbons (Fsp3) is 0.455. The number of nitrogens with two attached hydrogens (primary N) is 1. The van der Waals surface area contributed by atoms with Crippen LogP contribution in [0.2, 0.25) is 0 Å². The van der Waals surface area contributed by atoms with Crippen molar-refractivity contribution in [2.75, 3.05) is 23.8 Å². The molecule has 108 valence electrons. The highest BCUT2D eigenvalue weighted by molar-refractivity contribution is 8.45. The van der Waals surface area contributed by atoms with Crippen molar-refractivity contribution in [3.8, 4) is 0 Å². The molecule has 0 aliphatic carbocycles. The van der Waals surface area contributed by atoms with E-state index in [0.29, 0.717) is 5.25 Å². The minimum Gasteiger partial charge on any atom is -0.329 e. The standard InChI is InChI=1S/C11H11NS8/c12-3-5-4-15-8-9(16-5)20-11(19-8)10-17-6-7(18-10)14-2-1-13-6/h5H,1-4,12H2. The van der Waals surface area contributed by atoms with Gasteiger partial charge in [-0.05, 0) is 0 Å². The van der Waals surface area contributed by atoms with E-state index in [-0.39, 0.29) is 0 Å². The Labute approximate surface area is 153 Å². The van der Waals surface area contributed by atoms with Gasteiger partial charge in [-0.1, -0.05) is 47.0 Å². The van der Waals surface area contributed by atoms with Crippen molar-refractivity contribution in [2.24, 2.45) is 5.73 Å². The highest BCUT2D eigenvalue weighted by Crippen LogP contribution is 2.68. The second-order valence-electron chi connectivity index (χ2n) is 4.12. The minimum atomic E-state index is 0.595. The first kappa shape index (κ1) is 15.5. The van der Waals surface area contributed by atoms with Gasteiger partial charge in [-0.25, -0.2) is 0 Å². The van der Waals surface area contributed by atoms with E-state index in [1.54, 1.807) is 8.47 Å². The van der Waals surface area contributed by atoms with Gasteiger partial charge in [0.15, 0.2) is 0 Å². The summed E-state index contributed by atoms with van der Waals surface area (Å²) in [5, 5.41) is 0.595. The summed E-state index contributed by atoms with van der Waals surface area (Å²) in [5.74, 6) is 3.69. The largest absolute Gasteiger partial charge is 0.329 e. The summed E-state index contributed by atoms with van der Waals surface area (Å²) in [6.07, 6.45) is 0. The molecule has 0 bridgehead atoms. The van der Waals surface area contributed by atoms with E-state index < -0.39 is 0 Å². The van der Waals surface area contributed by atoms with Crippen LogP contribution in [0.15, 0.2) is 25.4 Å². The maximum atomic E-state index is 5.82. The van der Waals surface area contributed by atoms with Gasteiger partial charge in [0.2, 0.25) is 0 Å². The Morgan fingerprint density at radius 2 is 1.30 bits per heavy atom.